The first-order valence-electron chi connectivity index (χ1n) is 6.07. The van der Waals surface area contributed by atoms with Gasteiger partial charge in [-0.15, -0.1) is 0 Å². The van der Waals surface area contributed by atoms with Gasteiger partial charge >= 0.3 is 11.4 Å². The summed E-state index contributed by atoms with van der Waals surface area (Å²) in [5, 5.41) is 22.2. The molecule has 0 bridgehead atoms. The first-order valence-corrected chi connectivity index (χ1v) is 6.07. The van der Waals surface area contributed by atoms with Crippen molar-refractivity contribution in [3.8, 4) is 0 Å². The second-order valence-electron chi connectivity index (χ2n) is 4.57. The number of nitro benzene ring substituents is 2. The fourth-order valence-electron chi connectivity index (χ4n) is 2.49. The van der Waals surface area contributed by atoms with E-state index >= 15 is 0 Å². The van der Waals surface area contributed by atoms with E-state index in [4.69, 9.17) is 0 Å². The Morgan fingerprint density at radius 2 is 1.30 bits per heavy atom. The minimum atomic E-state index is -1.00. The predicted molar refractivity (Wildman–Crippen MR) is 78.8 cm³/mol. The molecule has 1 aliphatic carbocycles. The van der Waals surface area contributed by atoms with Crippen LogP contribution in [0.2, 0.25) is 0 Å². The zero-order valence-electron chi connectivity index (χ0n) is 11.3. The summed E-state index contributed by atoms with van der Waals surface area (Å²) >= 11 is 0. The largest absolute Gasteiger partial charge is 0.357 e. The number of rotatable bonds is 2. The SMILES string of the molecule is O=C1c2ccccc2C(=O)c2c1ccc([N+](=O)[O-])c2[N+](=O)[O-].[Pb]. The average molecular weight is 505 g/mol. The van der Waals surface area contributed by atoms with Crippen molar-refractivity contribution in [1.82, 2.24) is 0 Å². The second-order valence-corrected chi connectivity index (χ2v) is 4.57. The zero-order chi connectivity index (χ0) is 16.0. The van der Waals surface area contributed by atoms with Crippen LogP contribution in [0.15, 0.2) is 36.4 Å². The van der Waals surface area contributed by atoms with Crippen molar-refractivity contribution in [1.29, 1.82) is 0 Å². The van der Waals surface area contributed by atoms with Gasteiger partial charge < -0.3 is 0 Å². The molecule has 112 valence electrons. The van der Waals surface area contributed by atoms with Gasteiger partial charge in [-0.1, -0.05) is 24.3 Å². The van der Waals surface area contributed by atoms with Crippen LogP contribution in [0.5, 0.6) is 0 Å². The molecule has 3 rings (SSSR count). The van der Waals surface area contributed by atoms with Crippen molar-refractivity contribution in [3.63, 3.8) is 0 Å². The van der Waals surface area contributed by atoms with Crippen molar-refractivity contribution in [2.24, 2.45) is 0 Å². The zero-order valence-corrected chi connectivity index (χ0v) is 15.2. The normalized spacial score (nSPS) is 12.0. The molecule has 0 spiro atoms. The smallest absolute Gasteiger partial charge is 0.289 e. The van der Waals surface area contributed by atoms with E-state index in [1.54, 1.807) is 6.07 Å². The van der Waals surface area contributed by atoms with E-state index in [-0.39, 0.29) is 44.0 Å². The van der Waals surface area contributed by atoms with E-state index in [1.807, 2.05) is 0 Å². The monoisotopic (exact) mass is 506 g/mol. The van der Waals surface area contributed by atoms with Gasteiger partial charge in [-0.2, -0.15) is 0 Å². The fourth-order valence-corrected chi connectivity index (χ4v) is 2.49. The van der Waals surface area contributed by atoms with Crippen LogP contribution in [0.25, 0.3) is 0 Å². The third-order valence-electron chi connectivity index (χ3n) is 3.42. The molecule has 9 heteroatoms. The third-order valence-corrected chi connectivity index (χ3v) is 3.42. The van der Waals surface area contributed by atoms with Crippen molar-refractivity contribution in [2.75, 3.05) is 0 Å². The number of ketones is 2. The molecule has 0 saturated heterocycles. The molecule has 0 aliphatic heterocycles. The quantitative estimate of drug-likeness (QED) is 0.298. The van der Waals surface area contributed by atoms with Crippen molar-refractivity contribution < 1.29 is 19.4 Å². The molecule has 4 radical (unpaired) electrons. The second kappa shape index (κ2) is 5.95. The molecule has 0 N–H and O–H groups in total. The summed E-state index contributed by atoms with van der Waals surface area (Å²) in [5.41, 5.74) is -2.35. The van der Waals surface area contributed by atoms with Crippen LogP contribution in [0.4, 0.5) is 11.4 Å². The van der Waals surface area contributed by atoms with E-state index in [9.17, 15) is 29.8 Å². The minimum absolute atomic E-state index is 0. The number of nitrogens with zero attached hydrogens (tertiary/aromatic N) is 2. The van der Waals surface area contributed by atoms with Crippen LogP contribution in [-0.2, 0) is 0 Å². The first-order chi connectivity index (χ1) is 10.4. The Balaban J connectivity index is 0.00000192. The molecule has 23 heavy (non-hydrogen) atoms. The Labute approximate surface area is 148 Å². The van der Waals surface area contributed by atoms with Gasteiger partial charge in [0.15, 0.2) is 5.78 Å². The summed E-state index contributed by atoms with van der Waals surface area (Å²) in [6, 6.07) is 7.83. The Kier molecular flexibility index (Phi) is 4.36. The van der Waals surface area contributed by atoms with Gasteiger partial charge in [-0.3, -0.25) is 29.8 Å². The maximum Gasteiger partial charge on any atom is 0.357 e. The number of carbonyl (C=O) groups excluding carboxylic acids is 2. The van der Waals surface area contributed by atoms with Crippen LogP contribution in [0.1, 0.15) is 31.8 Å². The van der Waals surface area contributed by atoms with Gasteiger partial charge in [0.2, 0.25) is 5.78 Å². The molecule has 0 aromatic heterocycles. The van der Waals surface area contributed by atoms with E-state index in [0.717, 1.165) is 12.1 Å². The van der Waals surface area contributed by atoms with E-state index in [0.29, 0.717) is 0 Å². The molecule has 2 aromatic rings. The summed E-state index contributed by atoms with van der Waals surface area (Å²) in [6.07, 6.45) is 0. The molecular formula is C14H6N2O6Pb. The minimum Gasteiger partial charge on any atom is -0.289 e. The number of fused-ring (bicyclic) bond motifs is 2. The van der Waals surface area contributed by atoms with Crippen LogP contribution in [0, 0.1) is 20.2 Å². The molecule has 0 atom stereocenters. The number of benzene rings is 2. The molecule has 1 aliphatic rings. The average Bonchev–Trinajstić information content (AvgIpc) is 2.51. The maximum atomic E-state index is 12.5. The first kappa shape index (κ1) is 16.9. The van der Waals surface area contributed by atoms with E-state index in [2.05, 4.69) is 0 Å². The molecule has 0 fully saturated rings. The van der Waals surface area contributed by atoms with Gasteiger partial charge in [0.05, 0.1) is 9.85 Å². The maximum absolute atomic E-state index is 12.5. The van der Waals surface area contributed by atoms with Gasteiger partial charge in [0.25, 0.3) is 0 Å². The summed E-state index contributed by atoms with van der Waals surface area (Å²) < 4.78 is 0. The van der Waals surface area contributed by atoms with Crippen molar-refractivity contribution in [2.45, 2.75) is 0 Å². The van der Waals surface area contributed by atoms with Crippen molar-refractivity contribution >= 4 is 50.2 Å². The molecule has 2 aromatic carbocycles. The Hall–Kier alpha value is -2.50. The number of hydrogen-bond acceptors (Lipinski definition) is 6. The van der Waals surface area contributed by atoms with Gasteiger partial charge in [-0.25, -0.2) is 0 Å². The standard InChI is InChI=1S/C14H6N2O6.Pb/c17-13-7-3-1-2-4-8(7)14(18)11-9(13)5-6-10(15(19)20)12(11)16(21)22;/h1-6H;. The molecule has 8 nitrogen and oxygen atoms in total. The van der Waals surface area contributed by atoms with Crippen LogP contribution < -0.4 is 0 Å². The van der Waals surface area contributed by atoms with Gasteiger partial charge in [-0.05, 0) is 6.07 Å². The molecule has 0 saturated carbocycles. The van der Waals surface area contributed by atoms with Gasteiger partial charge in [0, 0.05) is 50.1 Å². The summed E-state index contributed by atoms with van der Waals surface area (Å²) in [6.45, 7) is 0. The van der Waals surface area contributed by atoms with E-state index in [1.165, 1.54) is 18.2 Å². The summed E-state index contributed by atoms with van der Waals surface area (Å²) in [4.78, 5) is 45.0. The van der Waals surface area contributed by atoms with Crippen molar-refractivity contribution in [3.05, 3.63) is 78.9 Å². The Morgan fingerprint density at radius 3 is 1.83 bits per heavy atom. The Bertz CT molecular complexity index is 893. The molecular weight excluding hydrogens is 499 g/mol. The predicted octanol–water partition coefficient (Wildman–Crippen LogP) is 1.90. The van der Waals surface area contributed by atoms with Crippen LogP contribution in [-0.4, -0.2) is 48.7 Å². The fraction of sp³-hybridized carbons (Fsp3) is 0. The topological polar surface area (TPSA) is 120 Å². The van der Waals surface area contributed by atoms with Crippen LogP contribution >= 0.6 is 0 Å². The summed E-state index contributed by atoms with van der Waals surface area (Å²) in [5.74, 6) is -1.33. The molecule has 0 heterocycles. The number of carbonyl (C=O) groups is 2. The third kappa shape index (κ3) is 2.44. The Morgan fingerprint density at radius 1 is 0.739 bits per heavy atom. The number of nitro groups is 2. The molecule has 0 unspecified atom stereocenters. The molecule has 0 amide bonds. The number of hydrogen-bond donors (Lipinski definition) is 0. The van der Waals surface area contributed by atoms with Gasteiger partial charge in [0.1, 0.15) is 5.56 Å². The van der Waals surface area contributed by atoms with Crippen LogP contribution in [0.3, 0.4) is 0 Å². The summed E-state index contributed by atoms with van der Waals surface area (Å²) in [7, 11) is 0. The van der Waals surface area contributed by atoms with E-state index < -0.39 is 38.4 Å².